The molecular weight excluding hydrogens is 258 g/mol. The fraction of sp³-hybridized carbons (Fsp3) is 0.250. The maximum absolute atomic E-state index is 12.4. The van der Waals surface area contributed by atoms with E-state index >= 15 is 0 Å². The molecule has 102 valence electrons. The van der Waals surface area contributed by atoms with Crippen LogP contribution in [0.1, 0.15) is 21.7 Å². The van der Waals surface area contributed by atoms with E-state index in [-0.39, 0.29) is 5.91 Å². The molecule has 1 amide bonds. The van der Waals surface area contributed by atoms with Crippen LogP contribution in [0, 0.1) is 13.8 Å². The number of pyridine rings is 1. The number of H-pyrrole nitrogens is 1. The minimum atomic E-state index is -0.270. The van der Waals surface area contributed by atoms with Gasteiger partial charge in [0, 0.05) is 12.7 Å². The van der Waals surface area contributed by atoms with Gasteiger partial charge in [0.1, 0.15) is 6.33 Å². The predicted molar refractivity (Wildman–Crippen MR) is 72.3 cm³/mol. The van der Waals surface area contributed by atoms with Gasteiger partial charge in [0.25, 0.3) is 5.91 Å². The van der Waals surface area contributed by atoms with E-state index in [9.17, 15) is 4.79 Å². The average molecular weight is 271 g/mol. The van der Waals surface area contributed by atoms with Crippen molar-refractivity contribution in [3.05, 3.63) is 29.3 Å². The summed E-state index contributed by atoms with van der Waals surface area (Å²) < 4.78 is 1.67. The molecular formula is C12H13N7O. The lowest BCUT2D eigenvalue weighted by atomic mass is 10.1. The van der Waals surface area contributed by atoms with Crippen molar-refractivity contribution in [3.63, 3.8) is 0 Å². The summed E-state index contributed by atoms with van der Waals surface area (Å²) in [5, 5.41) is 14.0. The third-order valence-corrected chi connectivity index (χ3v) is 2.99. The maximum Gasteiger partial charge on any atom is 0.258 e. The monoisotopic (exact) mass is 271 g/mol. The largest absolute Gasteiger partial charge is 0.291 e. The number of anilines is 1. The summed E-state index contributed by atoms with van der Waals surface area (Å²) in [6.07, 6.45) is 1.33. The summed E-state index contributed by atoms with van der Waals surface area (Å²) in [4.78, 5) is 20.7. The lowest BCUT2D eigenvalue weighted by Gasteiger charge is -2.05. The first-order valence-electron chi connectivity index (χ1n) is 6.04. The first kappa shape index (κ1) is 12.3. The van der Waals surface area contributed by atoms with Gasteiger partial charge >= 0.3 is 0 Å². The smallest absolute Gasteiger partial charge is 0.258 e. The number of rotatable bonds is 2. The molecule has 0 saturated carbocycles. The number of nitrogens with one attached hydrogen (secondary N) is 2. The standard InChI is InChI=1S/C12H13N7O/c1-6-4-8(11(20)16-12-13-5-14-17-12)9-7(2)18-19(3)10(9)15-6/h4-5H,1-3H3,(H2,13,14,16,17,20). The third kappa shape index (κ3) is 1.91. The first-order valence-corrected chi connectivity index (χ1v) is 6.04. The van der Waals surface area contributed by atoms with Crippen LogP contribution in [0.3, 0.4) is 0 Å². The number of carbonyl (C=O) groups is 1. The SMILES string of the molecule is Cc1cc(C(=O)Nc2ncn[nH]2)c2c(C)nn(C)c2n1. The molecule has 0 atom stereocenters. The molecule has 0 fully saturated rings. The summed E-state index contributed by atoms with van der Waals surface area (Å²) in [5.74, 6) is 0.0347. The second-order valence-corrected chi connectivity index (χ2v) is 4.51. The van der Waals surface area contributed by atoms with E-state index in [0.717, 1.165) is 16.8 Å². The van der Waals surface area contributed by atoms with Crippen LogP contribution in [-0.4, -0.2) is 35.9 Å². The van der Waals surface area contributed by atoms with Gasteiger partial charge < -0.3 is 0 Å². The predicted octanol–water partition coefficient (Wildman–Crippen LogP) is 0.956. The van der Waals surface area contributed by atoms with Crippen molar-refractivity contribution in [3.8, 4) is 0 Å². The fourth-order valence-corrected chi connectivity index (χ4v) is 2.19. The van der Waals surface area contributed by atoms with Crippen molar-refractivity contribution in [2.24, 2.45) is 7.05 Å². The van der Waals surface area contributed by atoms with Gasteiger partial charge in [-0.25, -0.2) is 10.1 Å². The highest BCUT2D eigenvalue weighted by atomic mass is 16.1. The molecule has 20 heavy (non-hydrogen) atoms. The van der Waals surface area contributed by atoms with E-state index in [0.29, 0.717) is 17.2 Å². The molecule has 0 aliphatic carbocycles. The van der Waals surface area contributed by atoms with Crippen LogP contribution in [0.5, 0.6) is 0 Å². The quantitative estimate of drug-likeness (QED) is 0.722. The van der Waals surface area contributed by atoms with E-state index in [2.05, 4.69) is 30.6 Å². The number of amides is 1. The summed E-state index contributed by atoms with van der Waals surface area (Å²) in [6, 6.07) is 1.74. The maximum atomic E-state index is 12.4. The van der Waals surface area contributed by atoms with Crippen LogP contribution in [0.2, 0.25) is 0 Å². The highest BCUT2D eigenvalue weighted by Crippen LogP contribution is 2.22. The molecule has 0 aliphatic heterocycles. The van der Waals surface area contributed by atoms with Gasteiger partial charge in [-0.3, -0.25) is 14.8 Å². The van der Waals surface area contributed by atoms with E-state index in [1.807, 2.05) is 13.8 Å². The Morgan fingerprint density at radius 2 is 2.20 bits per heavy atom. The summed E-state index contributed by atoms with van der Waals surface area (Å²) >= 11 is 0. The lowest BCUT2D eigenvalue weighted by Crippen LogP contribution is -2.14. The van der Waals surface area contributed by atoms with Crippen molar-refractivity contribution in [2.75, 3.05) is 5.32 Å². The number of aromatic nitrogens is 6. The molecule has 8 heteroatoms. The molecule has 2 N–H and O–H groups in total. The number of hydrogen-bond acceptors (Lipinski definition) is 5. The Morgan fingerprint density at radius 3 is 2.90 bits per heavy atom. The topological polar surface area (TPSA) is 101 Å². The van der Waals surface area contributed by atoms with Crippen LogP contribution in [-0.2, 0) is 7.05 Å². The molecule has 0 aromatic carbocycles. The second-order valence-electron chi connectivity index (χ2n) is 4.51. The number of aromatic amines is 1. The third-order valence-electron chi connectivity index (χ3n) is 2.99. The number of aryl methyl sites for hydroxylation is 3. The van der Waals surface area contributed by atoms with E-state index in [4.69, 9.17) is 0 Å². The van der Waals surface area contributed by atoms with E-state index in [1.54, 1.807) is 17.8 Å². The first-order chi connectivity index (χ1) is 9.56. The Hall–Kier alpha value is -2.77. The van der Waals surface area contributed by atoms with Gasteiger partial charge in [-0.2, -0.15) is 15.2 Å². The van der Waals surface area contributed by atoms with Gasteiger partial charge in [0.05, 0.1) is 16.6 Å². The Labute approximate surface area is 114 Å². The van der Waals surface area contributed by atoms with Crippen molar-refractivity contribution >= 4 is 22.9 Å². The van der Waals surface area contributed by atoms with Crippen LogP contribution in [0.4, 0.5) is 5.95 Å². The highest BCUT2D eigenvalue weighted by Gasteiger charge is 2.18. The van der Waals surface area contributed by atoms with Crippen molar-refractivity contribution < 1.29 is 4.79 Å². The zero-order valence-corrected chi connectivity index (χ0v) is 11.3. The minimum Gasteiger partial charge on any atom is -0.291 e. The van der Waals surface area contributed by atoms with Gasteiger partial charge in [-0.05, 0) is 19.9 Å². The number of hydrogen-bond donors (Lipinski definition) is 2. The average Bonchev–Trinajstić information content (AvgIpc) is 2.98. The summed E-state index contributed by atoms with van der Waals surface area (Å²) in [5.41, 5.74) is 2.72. The highest BCUT2D eigenvalue weighted by molar-refractivity contribution is 6.12. The molecule has 3 heterocycles. The van der Waals surface area contributed by atoms with Crippen LogP contribution >= 0.6 is 0 Å². The lowest BCUT2D eigenvalue weighted by molar-refractivity contribution is 0.102. The van der Waals surface area contributed by atoms with Gasteiger partial charge in [0.2, 0.25) is 5.95 Å². The zero-order chi connectivity index (χ0) is 14.3. The molecule has 0 unspecified atom stereocenters. The second kappa shape index (κ2) is 4.41. The molecule has 8 nitrogen and oxygen atoms in total. The molecule has 3 aromatic heterocycles. The molecule has 0 aliphatic rings. The van der Waals surface area contributed by atoms with Crippen LogP contribution in [0.25, 0.3) is 11.0 Å². The van der Waals surface area contributed by atoms with Gasteiger partial charge in [-0.1, -0.05) is 0 Å². The van der Waals surface area contributed by atoms with Crippen LogP contribution < -0.4 is 5.32 Å². The van der Waals surface area contributed by atoms with Gasteiger partial charge in [-0.15, -0.1) is 0 Å². The van der Waals surface area contributed by atoms with Crippen molar-refractivity contribution in [2.45, 2.75) is 13.8 Å². The summed E-state index contributed by atoms with van der Waals surface area (Å²) in [7, 11) is 1.81. The van der Waals surface area contributed by atoms with Crippen molar-refractivity contribution in [1.82, 2.24) is 29.9 Å². The Bertz CT molecular complexity index is 788. The Kier molecular flexibility index (Phi) is 2.70. The number of fused-ring (bicyclic) bond motifs is 1. The molecule has 3 rings (SSSR count). The number of carbonyl (C=O) groups excluding carboxylic acids is 1. The Morgan fingerprint density at radius 1 is 1.40 bits per heavy atom. The zero-order valence-electron chi connectivity index (χ0n) is 11.3. The van der Waals surface area contributed by atoms with Gasteiger partial charge in [0.15, 0.2) is 5.65 Å². The fourth-order valence-electron chi connectivity index (χ4n) is 2.19. The van der Waals surface area contributed by atoms with E-state index < -0.39 is 0 Å². The number of nitrogens with zero attached hydrogens (tertiary/aromatic N) is 5. The summed E-state index contributed by atoms with van der Waals surface area (Å²) in [6.45, 7) is 3.69. The van der Waals surface area contributed by atoms with E-state index in [1.165, 1.54) is 6.33 Å². The van der Waals surface area contributed by atoms with Crippen molar-refractivity contribution in [1.29, 1.82) is 0 Å². The molecule has 0 spiro atoms. The van der Waals surface area contributed by atoms with Crippen LogP contribution in [0.15, 0.2) is 12.4 Å². The molecule has 0 radical (unpaired) electrons. The molecule has 3 aromatic rings. The minimum absolute atomic E-state index is 0.270. The normalized spacial score (nSPS) is 10.9. The Balaban J connectivity index is 2.13. The molecule has 0 bridgehead atoms. The molecule has 0 saturated heterocycles.